The van der Waals surface area contributed by atoms with Crippen LogP contribution in [0.2, 0.25) is 0 Å². The Labute approximate surface area is 148 Å². The Morgan fingerprint density at radius 2 is 1.88 bits per heavy atom. The second-order valence-corrected chi connectivity index (χ2v) is 9.13. The largest absolute Gasteiger partial charge is 0.443 e. The molecule has 2 aliphatic rings. The summed E-state index contributed by atoms with van der Waals surface area (Å²) in [5, 5.41) is 9.11. The topological polar surface area (TPSA) is 120 Å². The molecule has 1 amide bonds. The number of nitrogens with one attached hydrogen (secondary N) is 1. The zero-order valence-electron chi connectivity index (χ0n) is 14.7. The van der Waals surface area contributed by atoms with Gasteiger partial charge in [-0.1, -0.05) is 0 Å². The number of Topliss-reactive ketones (excluding diaryl/α,β-unsaturated/α-hetero) is 1. The first-order valence-electron chi connectivity index (χ1n) is 8.12. The summed E-state index contributed by atoms with van der Waals surface area (Å²) in [5.41, 5.74) is -1.41. The fraction of sp³-hybridized carbons (Fsp3) is 0.800. The lowest BCUT2D eigenvalue weighted by atomic mass is 9.85. The van der Waals surface area contributed by atoms with Crippen LogP contribution in [0.15, 0.2) is 0 Å². The van der Waals surface area contributed by atoms with E-state index in [0.29, 0.717) is 25.9 Å². The Bertz CT molecular complexity index is 676. The molecule has 2 saturated heterocycles. The summed E-state index contributed by atoms with van der Waals surface area (Å²) >= 11 is 0. The molecule has 10 heteroatoms. The summed E-state index contributed by atoms with van der Waals surface area (Å²) < 4.78 is 32.6. The van der Waals surface area contributed by atoms with Crippen molar-refractivity contribution in [1.29, 1.82) is 5.26 Å². The number of carbonyl (C=O) groups is 2. The quantitative estimate of drug-likeness (QED) is 0.758. The molecule has 25 heavy (non-hydrogen) atoms. The lowest BCUT2D eigenvalue weighted by Gasteiger charge is -2.54. The van der Waals surface area contributed by atoms with Crippen LogP contribution < -0.4 is 4.72 Å². The number of ketones is 1. The second kappa shape index (κ2) is 6.90. The van der Waals surface area contributed by atoms with E-state index in [0.717, 1.165) is 4.31 Å². The molecule has 0 spiro atoms. The van der Waals surface area contributed by atoms with Crippen molar-refractivity contribution in [3.63, 3.8) is 0 Å². The maximum absolute atomic E-state index is 12.3. The number of hydrogen-bond acceptors (Lipinski definition) is 7. The fourth-order valence-electron chi connectivity index (χ4n) is 3.05. The molecule has 2 fully saturated rings. The van der Waals surface area contributed by atoms with Gasteiger partial charge in [0.25, 0.3) is 0 Å². The molecule has 0 saturated carbocycles. The predicted molar refractivity (Wildman–Crippen MR) is 88.6 cm³/mol. The highest BCUT2D eigenvalue weighted by Gasteiger charge is 2.52. The average molecular weight is 372 g/mol. The highest BCUT2D eigenvalue weighted by molar-refractivity contribution is 7.87. The van der Waals surface area contributed by atoms with Gasteiger partial charge in [-0.15, -0.1) is 0 Å². The molecule has 0 bridgehead atoms. The molecule has 1 N–H and O–H groups in total. The van der Waals surface area contributed by atoms with Crippen LogP contribution >= 0.6 is 0 Å². The maximum atomic E-state index is 12.3. The van der Waals surface area contributed by atoms with Gasteiger partial charge >= 0.3 is 16.3 Å². The van der Waals surface area contributed by atoms with Crippen LogP contribution in [0.3, 0.4) is 0 Å². The first-order chi connectivity index (χ1) is 11.5. The van der Waals surface area contributed by atoms with Crippen molar-refractivity contribution in [2.45, 2.75) is 51.2 Å². The summed E-state index contributed by atoms with van der Waals surface area (Å²) in [5.74, 6) is 0.179. The van der Waals surface area contributed by atoms with Crippen molar-refractivity contribution < 1.29 is 22.7 Å². The smallest absolute Gasteiger partial charge is 0.422 e. The molecule has 2 heterocycles. The van der Waals surface area contributed by atoms with Gasteiger partial charge < -0.3 is 4.74 Å². The van der Waals surface area contributed by atoms with Crippen molar-refractivity contribution >= 4 is 22.1 Å². The summed E-state index contributed by atoms with van der Waals surface area (Å²) in [6.07, 6.45) is -0.0416. The van der Waals surface area contributed by atoms with Crippen LogP contribution in [0.25, 0.3) is 0 Å². The summed E-state index contributed by atoms with van der Waals surface area (Å²) in [7, 11) is -4.03. The number of piperidine rings is 1. The highest BCUT2D eigenvalue weighted by atomic mass is 32.2. The van der Waals surface area contributed by atoms with Crippen LogP contribution in [-0.2, 0) is 19.7 Å². The number of hydrogen-bond donors (Lipinski definition) is 1. The van der Waals surface area contributed by atoms with E-state index >= 15 is 0 Å². The second-order valence-electron chi connectivity index (χ2n) is 7.46. The van der Waals surface area contributed by atoms with Crippen molar-refractivity contribution in [3.8, 4) is 6.07 Å². The SMILES string of the molecule is CC(C)(C)OC(=O)NS(=O)(=O)N1CC(CC#N)(N2CCC(=O)CC2)C1. The Balaban J connectivity index is 2.00. The molecule has 0 aromatic rings. The number of nitriles is 1. The van der Waals surface area contributed by atoms with Crippen molar-refractivity contribution in [3.05, 3.63) is 0 Å². The molecule has 0 aromatic carbocycles. The third kappa shape index (κ3) is 4.68. The van der Waals surface area contributed by atoms with Crippen molar-refractivity contribution in [2.24, 2.45) is 0 Å². The van der Waals surface area contributed by atoms with Gasteiger partial charge in [0.2, 0.25) is 0 Å². The van der Waals surface area contributed by atoms with E-state index < -0.39 is 27.4 Å². The summed E-state index contributed by atoms with van der Waals surface area (Å²) in [6.45, 7) is 6.16. The average Bonchev–Trinajstić information content (AvgIpc) is 2.40. The number of nitrogens with zero attached hydrogens (tertiary/aromatic N) is 3. The molecule has 140 valence electrons. The van der Waals surface area contributed by atoms with E-state index in [9.17, 15) is 18.0 Å². The van der Waals surface area contributed by atoms with Gasteiger partial charge in [-0.3, -0.25) is 9.69 Å². The van der Waals surface area contributed by atoms with Gasteiger partial charge in [0.15, 0.2) is 0 Å². The van der Waals surface area contributed by atoms with Gasteiger partial charge in [0, 0.05) is 39.0 Å². The van der Waals surface area contributed by atoms with Gasteiger partial charge in [-0.05, 0) is 20.8 Å². The predicted octanol–water partition coefficient (Wildman–Crippen LogP) is 0.389. The van der Waals surface area contributed by atoms with Gasteiger partial charge in [0.1, 0.15) is 11.4 Å². The molecule has 0 radical (unpaired) electrons. The minimum Gasteiger partial charge on any atom is -0.443 e. The van der Waals surface area contributed by atoms with Crippen LogP contribution in [0.4, 0.5) is 4.79 Å². The van der Waals surface area contributed by atoms with E-state index in [1.54, 1.807) is 20.8 Å². The van der Waals surface area contributed by atoms with E-state index in [4.69, 9.17) is 10.00 Å². The van der Waals surface area contributed by atoms with Crippen LogP contribution in [-0.4, -0.2) is 66.8 Å². The first kappa shape index (κ1) is 19.6. The number of amides is 1. The molecular formula is C15H24N4O5S. The van der Waals surface area contributed by atoms with E-state index in [1.807, 2.05) is 9.62 Å². The molecule has 9 nitrogen and oxygen atoms in total. The molecule has 2 aliphatic heterocycles. The molecule has 0 unspecified atom stereocenters. The maximum Gasteiger partial charge on any atom is 0.422 e. The molecule has 0 aromatic heterocycles. The van der Waals surface area contributed by atoms with E-state index in [1.165, 1.54) is 0 Å². The third-order valence-electron chi connectivity index (χ3n) is 4.29. The van der Waals surface area contributed by atoms with Gasteiger partial charge in [-0.25, -0.2) is 9.52 Å². The molecule has 0 atom stereocenters. The minimum absolute atomic E-state index is 0.104. The standard InChI is InChI=1S/C15H24N4O5S/c1-14(2,3)24-13(21)17-25(22,23)19-10-15(11-19,6-7-16)18-8-4-12(20)5-9-18/h4-6,8-11H2,1-3H3,(H,17,21). The third-order valence-corrected chi connectivity index (χ3v) is 5.66. The number of rotatable bonds is 4. The number of likely N-dealkylation sites (tertiary alicyclic amines) is 1. The van der Waals surface area contributed by atoms with Gasteiger partial charge in [-0.2, -0.15) is 18.0 Å². The van der Waals surface area contributed by atoms with Crippen LogP contribution in [0.5, 0.6) is 0 Å². The lowest BCUT2D eigenvalue weighted by Crippen LogP contribution is -2.73. The number of ether oxygens (including phenoxy) is 1. The summed E-state index contributed by atoms with van der Waals surface area (Å²) in [6, 6.07) is 2.10. The van der Waals surface area contributed by atoms with Gasteiger partial charge in [0.05, 0.1) is 18.0 Å². The minimum atomic E-state index is -4.03. The zero-order valence-corrected chi connectivity index (χ0v) is 15.6. The zero-order chi connectivity index (χ0) is 18.9. The Hall–Kier alpha value is -1.70. The highest BCUT2D eigenvalue weighted by Crippen LogP contribution is 2.34. The number of carbonyl (C=O) groups excluding carboxylic acids is 2. The first-order valence-corrected chi connectivity index (χ1v) is 9.56. The van der Waals surface area contributed by atoms with Crippen molar-refractivity contribution in [2.75, 3.05) is 26.2 Å². The Morgan fingerprint density at radius 1 is 1.32 bits per heavy atom. The Kier molecular flexibility index (Phi) is 5.41. The molecule has 0 aliphatic carbocycles. The van der Waals surface area contributed by atoms with E-state index in [2.05, 4.69) is 6.07 Å². The molecular weight excluding hydrogens is 348 g/mol. The monoisotopic (exact) mass is 372 g/mol. The fourth-order valence-corrected chi connectivity index (χ4v) is 4.25. The normalized spacial score (nSPS) is 21.9. The van der Waals surface area contributed by atoms with Crippen molar-refractivity contribution in [1.82, 2.24) is 13.9 Å². The molecule has 2 rings (SSSR count). The van der Waals surface area contributed by atoms with Crippen LogP contribution in [0, 0.1) is 11.3 Å². The Morgan fingerprint density at radius 3 is 2.36 bits per heavy atom. The summed E-state index contributed by atoms with van der Waals surface area (Å²) in [4.78, 5) is 25.1. The van der Waals surface area contributed by atoms with Crippen LogP contribution in [0.1, 0.15) is 40.0 Å². The van der Waals surface area contributed by atoms with E-state index in [-0.39, 0.29) is 25.3 Å². The lowest BCUT2D eigenvalue weighted by molar-refractivity contribution is -0.124.